The van der Waals surface area contributed by atoms with Crippen LogP contribution in [0.4, 0.5) is 15.9 Å². The first-order chi connectivity index (χ1) is 13.6. The second-order valence-electron chi connectivity index (χ2n) is 6.78. The van der Waals surface area contributed by atoms with E-state index in [-0.39, 0.29) is 43.2 Å². The van der Waals surface area contributed by atoms with E-state index in [1.165, 1.54) is 6.07 Å². The van der Waals surface area contributed by atoms with Gasteiger partial charge in [0, 0.05) is 24.7 Å². The molecule has 4 rings (SSSR count). The monoisotopic (exact) mass is 392 g/mol. The zero-order valence-electron chi connectivity index (χ0n) is 15.5. The molecule has 29 heavy (non-hydrogen) atoms. The Bertz CT molecular complexity index is 1030. The first-order valence-corrected chi connectivity index (χ1v) is 9.29. The third-order valence-corrected chi connectivity index (χ3v) is 4.80. The molecule has 0 bridgehead atoms. The van der Waals surface area contributed by atoms with Crippen molar-refractivity contribution < 1.29 is 13.9 Å². The van der Waals surface area contributed by atoms with Crippen molar-refractivity contribution in [1.82, 2.24) is 19.6 Å². The van der Waals surface area contributed by atoms with Crippen molar-refractivity contribution in [1.29, 1.82) is 0 Å². The summed E-state index contributed by atoms with van der Waals surface area (Å²) in [5.41, 5.74) is 7.53. The van der Waals surface area contributed by atoms with Crippen molar-refractivity contribution in [2.24, 2.45) is 0 Å². The van der Waals surface area contributed by atoms with Crippen molar-refractivity contribution in [3.05, 3.63) is 42.1 Å². The van der Waals surface area contributed by atoms with E-state index in [2.05, 4.69) is 20.0 Å². The summed E-state index contributed by atoms with van der Waals surface area (Å²) < 4.78 is 21.0. The maximum atomic E-state index is 14.0. The Kier molecular flexibility index (Phi) is 6.40. The van der Waals surface area contributed by atoms with Gasteiger partial charge in [-0.3, -0.25) is 4.79 Å². The summed E-state index contributed by atoms with van der Waals surface area (Å²) in [6, 6.07) is 3.02. The summed E-state index contributed by atoms with van der Waals surface area (Å²) >= 11 is 0. The zero-order valence-corrected chi connectivity index (χ0v) is 15.5. The van der Waals surface area contributed by atoms with Crippen LogP contribution in [0.5, 0.6) is 5.88 Å². The second kappa shape index (κ2) is 8.80. The van der Waals surface area contributed by atoms with E-state index in [1.54, 1.807) is 16.9 Å². The molecule has 4 heterocycles. The molecule has 0 spiro atoms. The molecule has 0 aliphatic carbocycles. The van der Waals surface area contributed by atoms with Gasteiger partial charge in [0.25, 0.3) is 0 Å². The number of aromatic nitrogens is 4. The Morgan fingerprint density at radius 1 is 1.41 bits per heavy atom. The van der Waals surface area contributed by atoms with Gasteiger partial charge < -0.3 is 15.4 Å². The molecule has 1 unspecified atom stereocenters. The van der Waals surface area contributed by atoms with Crippen LogP contribution >= 0.6 is 0 Å². The Balaban J connectivity index is 0.00000240. The van der Waals surface area contributed by atoms with Crippen LogP contribution in [-0.4, -0.2) is 51.0 Å². The molecular weight excluding hydrogens is 370 g/mol. The van der Waals surface area contributed by atoms with Crippen LogP contribution in [0.1, 0.15) is 44.2 Å². The molecule has 0 saturated carbocycles. The first kappa shape index (κ1) is 21.1. The van der Waals surface area contributed by atoms with Crippen LogP contribution in [0.15, 0.2) is 30.7 Å². The summed E-state index contributed by atoms with van der Waals surface area (Å²) in [7, 11) is 0. The van der Waals surface area contributed by atoms with Gasteiger partial charge in [0.1, 0.15) is 11.6 Å². The Morgan fingerprint density at radius 3 is 3.03 bits per heavy atom. The molecule has 0 aromatic carbocycles. The van der Waals surface area contributed by atoms with Crippen LogP contribution in [0, 0.1) is 5.82 Å². The number of anilines is 2. The van der Waals surface area contributed by atoms with Crippen LogP contribution in [0.2, 0.25) is 0 Å². The molecule has 1 aliphatic rings. The number of ether oxygens (including phenoxy) is 1. The van der Waals surface area contributed by atoms with Gasteiger partial charge in [-0.1, -0.05) is 6.92 Å². The number of hydrogen-bond acceptors (Lipinski definition) is 7. The van der Waals surface area contributed by atoms with Gasteiger partial charge >= 0.3 is 24.8 Å². The number of nitrogen functional groups attached to an aromatic ring is 1. The molecule has 0 radical (unpaired) electrons. The molecule has 1 saturated heterocycles. The molecule has 8 nitrogen and oxygen atoms in total. The Labute approximate surface area is 179 Å². The number of hydrogen-bond donors (Lipinski definition) is 1. The number of rotatable bonds is 5. The molecule has 1 fully saturated rings. The van der Waals surface area contributed by atoms with Gasteiger partial charge in [0.05, 0.1) is 24.1 Å². The average Bonchev–Trinajstić information content (AvgIpc) is 3.30. The van der Waals surface area contributed by atoms with Gasteiger partial charge in [-0.25, -0.2) is 18.9 Å². The van der Waals surface area contributed by atoms with Crippen molar-refractivity contribution in [2.45, 2.75) is 38.6 Å². The summed E-state index contributed by atoms with van der Waals surface area (Å²) in [6.07, 6.45) is 7.02. The maximum absolute atomic E-state index is 14.0. The summed E-state index contributed by atoms with van der Waals surface area (Å²) in [5, 5.41) is 4.13. The van der Waals surface area contributed by atoms with E-state index in [4.69, 9.17) is 10.5 Å². The normalized spacial score (nSPS) is 16.1. The predicted molar refractivity (Wildman–Crippen MR) is 109 cm³/mol. The molecule has 148 valence electrons. The topological polar surface area (TPSA) is 98.6 Å². The van der Waals surface area contributed by atoms with Gasteiger partial charge in [0.2, 0.25) is 5.88 Å². The Morgan fingerprint density at radius 2 is 2.24 bits per heavy atom. The zero-order chi connectivity index (χ0) is 19.7. The first-order valence-electron chi connectivity index (χ1n) is 9.29. The van der Waals surface area contributed by atoms with Crippen LogP contribution in [0.3, 0.4) is 0 Å². The van der Waals surface area contributed by atoms with Crippen molar-refractivity contribution in [3.63, 3.8) is 0 Å². The van der Waals surface area contributed by atoms with E-state index < -0.39 is 5.82 Å². The SMILES string of the molecule is CCCC(=O)Oc1ncc(F)cc1C1CCCN1c1ccn2ncc(N)c2n1.[LiH]. The van der Waals surface area contributed by atoms with E-state index >= 15 is 0 Å². The van der Waals surface area contributed by atoms with Gasteiger partial charge in [-0.05, 0) is 31.4 Å². The average molecular weight is 392 g/mol. The number of halogens is 1. The quantitative estimate of drug-likeness (QED) is 0.525. The number of carbonyl (C=O) groups is 1. The number of pyridine rings is 1. The van der Waals surface area contributed by atoms with E-state index in [1.807, 2.05) is 13.0 Å². The predicted octanol–water partition coefficient (Wildman–Crippen LogP) is 2.24. The molecule has 0 amide bonds. The summed E-state index contributed by atoms with van der Waals surface area (Å²) in [5.74, 6) is 0.0126. The fourth-order valence-corrected chi connectivity index (χ4v) is 3.53. The van der Waals surface area contributed by atoms with E-state index in [0.717, 1.165) is 25.6 Å². The number of esters is 1. The van der Waals surface area contributed by atoms with E-state index in [9.17, 15) is 9.18 Å². The third-order valence-electron chi connectivity index (χ3n) is 4.80. The number of carbonyl (C=O) groups excluding carboxylic acids is 1. The van der Waals surface area contributed by atoms with Gasteiger partial charge in [0.15, 0.2) is 5.65 Å². The summed E-state index contributed by atoms with van der Waals surface area (Å²) in [6.45, 7) is 2.63. The number of nitrogens with zero attached hydrogens (tertiary/aromatic N) is 5. The van der Waals surface area contributed by atoms with E-state index in [0.29, 0.717) is 29.1 Å². The summed E-state index contributed by atoms with van der Waals surface area (Å²) in [4.78, 5) is 22.7. The molecule has 10 heteroatoms. The van der Waals surface area contributed by atoms with Gasteiger partial charge in [-0.2, -0.15) is 5.10 Å². The number of nitrogens with two attached hydrogens (primary N) is 1. The minimum atomic E-state index is -0.472. The van der Waals surface area contributed by atoms with Crippen LogP contribution in [0.25, 0.3) is 5.65 Å². The third kappa shape index (κ3) is 4.21. The standard InChI is InChI=1S/C19H21FN6O2.Li.H/c1-2-4-17(27)28-19-13(9-12(20)10-22-19)15-5-3-7-25(15)16-6-8-26-18(24-16)14(21)11-23-26;;/h6,8-11,15H,2-5,7,21H2,1H3;;. The fourth-order valence-electron chi connectivity index (χ4n) is 3.53. The minimum absolute atomic E-state index is 0. The van der Waals surface area contributed by atoms with Crippen LogP contribution < -0.4 is 15.4 Å². The molecule has 3 aromatic rings. The molecule has 1 aliphatic heterocycles. The molecule has 3 aromatic heterocycles. The van der Waals surface area contributed by atoms with Crippen molar-refractivity contribution in [3.8, 4) is 5.88 Å². The van der Waals surface area contributed by atoms with Crippen molar-refractivity contribution >= 4 is 42.0 Å². The fraction of sp³-hybridized carbons (Fsp3) is 0.368. The molecule has 1 atom stereocenters. The molecular formula is C19H22FLiN6O2. The Hall–Kier alpha value is -2.63. The van der Waals surface area contributed by atoms with Crippen molar-refractivity contribution in [2.75, 3.05) is 17.2 Å². The van der Waals surface area contributed by atoms with Gasteiger partial charge in [-0.15, -0.1) is 0 Å². The van der Waals surface area contributed by atoms with Crippen LogP contribution in [-0.2, 0) is 4.79 Å². The second-order valence-corrected chi connectivity index (χ2v) is 6.78. The molecule has 2 N–H and O–H groups in total. The number of fused-ring (bicyclic) bond motifs is 1.